The van der Waals surface area contributed by atoms with Gasteiger partial charge in [-0.2, -0.15) is 0 Å². The highest BCUT2D eigenvalue weighted by Crippen LogP contribution is 2.35. The molecule has 0 radical (unpaired) electrons. The molecule has 2 aromatic rings. The molecule has 0 atom stereocenters. The lowest BCUT2D eigenvalue weighted by Gasteiger charge is -2.15. The molecule has 0 bridgehead atoms. The summed E-state index contributed by atoms with van der Waals surface area (Å²) in [6.07, 6.45) is 0. The summed E-state index contributed by atoms with van der Waals surface area (Å²) >= 11 is 0. The maximum absolute atomic E-state index is 5.63. The Labute approximate surface area is 121 Å². The van der Waals surface area contributed by atoms with Crippen molar-refractivity contribution < 1.29 is 18.9 Å². The second-order valence-corrected chi connectivity index (χ2v) is 4.30. The van der Waals surface area contributed by atoms with E-state index in [0.29, 0.717) is 11.5 Å². The van der Waals surface area contributed by atoms with Crippen molar-refractivity contribution in [1.29, 1.82) is 0 Å². The van der Waals surface area contributed by atoms with Crippen LogP contribution in [-0.2, 0) is 0 Å². The second kappa shape index (κ2) is 5.32. The first-order valence-corrected chi connectivity index (χ1v) is 6.33. The van der Waals surface area contributed by atoms with Crippen LogP contribution in [0.2, 0.25) is 0 Å². The van der Waals surface area contributed by atoms with Crippen LogP contribution in [0.5, 0.6) is 23.0 Å². The third-order valence-corrected chi connectivity index (χ3v) is 2.88. The van der Waals surface area contributed by atoms with Gasteiger partial charge in [0.15, 0.2) is 0 Å². The van der Waals surface area contributed by atoms with Gasteiger partial charge in [0, 0.05) is 0 Å². The molecule has 21 heavy (non-hydrogen) atoms. The fourth-order valence-corrected chi connectivity index (χ4v) is 1.74. The molecule has 0 saturated heterocycles. The van der Waals surface area contributed by atoms with E-state index in [1.165, 1.54) is 0 Å². The number of rotatable bonds is 6. The van der Waals surface area contributed by atoms with Gasteiger partial charge in [0.05, 0.1) is 14.2 Å². The first kappa shape index (κ1) is 13.2. The van der Waals surface area contributed by atoms with Gasteiger partial charge in [-0.25, -0.2) is 0 Å². The SMILES string of the molecule is COc1ccc(OC2(Oc3ccc(OC)cc3)N=N2)cc1. The van der Waals surface area contributed by atoms with E-state index in [1.807, 2.05) is 0 Å². The van der Waals surface area contributed by atoms with Gasteiger partial charge in [-0.1, -0.05) is 10.2 Å². The highest BCUT2D eigenvalue weighted by molar-refractivity contribution is 5.33. The van der Waals surface area contributed by atoms with Crippen molar-refractivity contribution in [2.45, 2.75) is 6.03 Å². The first-order chi connectivity index (χ1) is 10.2. The third kappa shape index (κ3) is 3.05. The molecule has 0 fully saturated rings. The van der Waals surface area contributed by atoms with Gasteiger partial charge in [0.1, 0.15) is 23.0 Å². The fraction of sp³-hybridized carbons (Fsp3) is 0.200. The predicted octanol–water partition coefficient (Wildman–Crippen LogP) is 3.24. The molecule has 0 N–H and O–H groups in total. The van der Waals surface area contributed by atoms with Crippen molar-refractivity contribution in [2.24, 2.45) is 10.2 Å². The van der Waals surface area contributed by atoms with Gasteiger partial charge in [-0.15, -0.1) is 0 Å². The summed E-state index contributed by atoms with van der Waals surface area (Å²) in [5.74, 6) is 2.68. The van der Waals surface area contributed by atoms with E-state index >= 15 is 0 Å². The molecule has 1 aliphatic heterocycles. The van der Waals surface area contributed by atoms with Crippen LogP contribution < -0.4 is 18.9 Å². The number of hydrogen-bond donors (Lipinski definition) is 0. The Morgan fingerprint density at radius 3 is 1.24 bits per heavy atom. The number of nitrogens with zero attached hydrogens (tertiary/aromatic N) is 2. The Balaban J connectivity index is 1.66. The highest BCUT2D eigenvalue weighted by Gasteiger charge is 2.47. The van der Waals surface area contributed by atoms with E-state index < -0.39 is 6.03 Å². The molecule has 0 spiro atoms. The zero-order chi connectivity index (χ0) is 14.7. The van der Waals surface area contributed by atoms with Crippen molar-refractivity contribution in [3.05, 3.63) is 48.5 Å². The van der Waals surface area contributed by atoms with Crippen LogP contribution in [0.1, 0.15) is 0 Å². The molecule has 1 heterocycles. The Morgan fingerprint density at radius 2 is 0.952 bits per heavy atom. The lowest BCUT2D eigenvalue weighted by Crippen LogP contribution is -2.27. The fourth-order valence-electron chi connectivity index (χ4n) is 1.74. The number of benzene rings is 2. The van der Waals surface area contributed by atoms with Crippen molar-refractivity contribution in [2.75, 3.05) is 14.2 Å². The number of hydrogen-bond acceptors (Lipinski definition) is 6. The smallest absolute Gasteiger partial charge is 0.497 e. The summed E-state index contributed by atoms with van der Waals surface area (Å²) in [7, 11) is 3.21. The normalized spacial score (nSPS) is 14.4. The molecular weight excluding hydrogens is 272 g/mol. The van der Waals surface area contributed by atoms with Crippen molar-refractivity contribution >= 4 is 0 Å². The van der Waals surface area contributed by atoms with Crippen LogP contribution in [0.4, 0.5) is 0 Å². The topological polar surface area (TPSA) is 61.6 Å². The summed E-state index contributed by atoms with van der Waals surface area (Å²) in [6.45, 7) is 0. The van der Waals surface area contributed by atoms with Crippen LogP contribution in [0.15, 0.2) is 58.8 Å². The van der Waals surface area contributed by atoms with Crippen molar-refractivity contribution in [1.82, 2.24) is 0 Å². The van der Waals surface area contributed by atoms with E-state index in [0.717, 1.165) is 11.5 Å². The molecule has 6 nitrogen and oxygen atoms in total. The summed E-state index contributed by atoms with van der Waals surface area (Å²) in [4.78, 5) is 0. The zero-order valence-electron chi connectivity index (χ0n) is 11.6. The molecule has 0 unspecified atom stereocenters. The average molecular weight is 286 g/mol. The van der Waals surface area contributed by atoms with Crippen LogP contribution in [0.25, 0.3) is 0 Å². The molecular formula is C15H14N2O4. The van der Waals surface area contributed by atoms with Gasteiger partial charge in [0.25, 0.3) is 0 Å². The summed E-state index contributed by atoms with van der Waals surface area (Å²) in [5, 5.41) is 7.66. The number of ether oxygens (including phenoxy) is 4. The minimum Gasteiger partial charge on any atom is -0.497 e. The quantitative estimate of drug-likeness (QED) is 0.765. The largest absolute Gasteiger partial charge is 0.506 e. The lowest BCUT2D eigenvalue weighted by atomic mass is 10.3. The Hall–Kier alpha value is -2.76. The van der Waals surface area contributed by atoms with E-state index in [-0.39, 0.29) is 0 Å². The van der Waals surface area contributed by atoms with E-state index in [9.17, 15) is 0 Å². The van der Waals surface area contributed by atoms with Crippen LogP contribution >= 0.6 is 0 Å². The van der Waals surface area contributed by atoms with E-state index in [1.54, 1.807) is 62.8 Å². The maximum Gasteiger partial charge on any atom is 0.506 e. The van der Waals surface area contributed by atoms with Crippen molar-refractivity contribution in [3.8, 4) is 23.0 Å². The molecule has 3 rings (SSSR count). The van der Waals surface area contributed by atoms with Gasteiger partial charge in [-0.05, 0) is 48.5 Å². The Bertz CT molecular complexity index is 580. The van der Waals surface area contributed by atoms with Crippen molar-refractivity contribution in [3.63, 3.8) is 0 Å². The van der Waals surface area contributed by atoms with Crippen LogP contribution in [0, 0.1) is 0 Å². The Kier molecular flexibility index (Phi) is 3.35. The first-order valence-electron chi connectivity index (χ1n) is 6.33. The summed E-state index contributed by atoms with van der Waals surface area (Å²) in [6, 6.07) is 12.9. The number of methoxy groups -OCH3 is 2. The summed E-state index contributed by atoms with van der Waals surface area (Å²) in [5.41, 5.74) is 0. The minimum atomic E-state index is -1.29. The minimum absolute atomic E-state index is 0.592. The monoisotopic (exact) mass is 286 g/mol. The molecule has 2 aromatic carbocycles. The molecule has 0 aromatic heterocycles. The molecule has 0 saturated carbocycles. The van der Waals surface area contributed by atoms with Gasteiger partial charge < -0.3 is 18.9 Å². The van der Waals surface area contributed by atoms with Gasteiger partial charge in [-0.3, -0.25) is 0 Å². The van der Waals surface area contributed by atoms with Crippen LogP contribution in [-0.4, -0.2) is 20.3 Å². The van der Waals surface area contributed by atoms with E-state index in [4.69, 9.17) is 18.9 Å². The maximum atomic E-state index is 5.63. The summed E-state index contributed by atoms with van der Waals surface area (Å²) < 4.78 is 21.4. The van der Waals surface area contributed by atoms with Crippen LogP contribution in [0.3, 0.4) is 0 Å². The van der Waals surface area contributed by atoms with Gasteiger partial charge >= 0.3 is 6.03 Å². The second-order valence-electron chi connectivity index (χ2n) is 4.30. The predicted molar refractivity (Wildman–Crippen MR) is 74.8 cm³/mol. The highest BCUT2D eigenvalue weighted by atomic mass is 16.8. The average Bonchev–Trinajstić information content (AvgIpc) is 3.28. The lowest BCUT2D eigenvalue weighted by molar-refractivity contribution is -0.0387. The molecule has 1 aliphatic rings. The zero-order valence-corrected chi connectivity index (χ0v) is 11.6. The van der Waals surface area contributed by atoms with Gasteiger partial charge in [0.2, 0.25) is 0 Å². The third-order valence-electron chi connectivity index (χ3n) is 2.88. The van der Waals surface area contributed by atoms with E-state index in [2.05, 4.69) is 10.2 Å². The molecule has 6 heteroatoms. The molecule has 108 valence electrons. The molecule has 0 aliphatic carbocycles. The standard InChI is InChI=1S/C15H14N2O4/c1-18-11-3-7-13(8-4-11)20-15(16-17-15)21-14-9-5-12(19-2)6-10-14/h3-10H,1-2H3. The Morgan fingerprint density at radius 1 is 0.619 bits per heavy atom. The molecule has 0 amide bonds.